The monoisotopic (exact) mass is 230 g/mol. The van der Waals surface area contributed by atoms with Crippen LogP contribution in [0.15, 0.2) is 73.1 Å². The van der Waals surface area contributed by atoms with Crippen LogP contribution in [-0.4, -0.2) is 7.11 Å². The highest BCUT2D eigenvalue weighted by molar-refractivity contribution is 5.31. The van der Waals surface area contributed by atoms with Crippen molar-refractivity contribution in [3.8, 4) is 0 Å². The standard InChI is InChI=1S/C16H22O/c1-6-9-11-14(4)13-15(8-3)16(17-5)12-10-7-2/h6-11H,1,3-4,12-13H2,2,5H3/b10-7-,11-9-,16-15-. The van der Waals surface area contributed by atoms with Gasteiger partial charge in [-0.15, -0.1) is 0 Å². The summed E-state index contributed by atoms with van der Waals surface area (Å²) in [6.07, 6.45) is 13.0. The molecule has 0 spiro atoms. The van der Waals surface area contributed by atoms with E-state index < -0.39 is 0 Å². The first-order chi connectivity index (χ1) is 8.19. The lowest BCUT2D eigenvalue weighted by atomic mass is 10.0. The average Bonchev–Trinajstić information content (AvgIpc) is 2.35. The van der Waals surface area contributed by atoms with E-state index in [0.717, 1.165) is 29.7 Å². The summed E-state index contributed by atoms with van der Waals surface area (Å²) in [5.41, 5.74) is 2.08. The van der Waals surface area contributed by atoms with Crippen LogP contribution in [0.3, 0.4) is 0 Å². The van der Waals surface area contributed by atoms with Gasteiger partial charge in [0.05, 0.1) is 7.11 Å². The second kappa shape index (κ2) is 9.46. The maximum atomic E-state index is 5.38. The zero-order valence-electron chi connectivity index (χ0n) is 10.9. The molecule has 0 rings (SSSR count). The van der Waals surface area contributed by atoms with E-state index in [0.29, 0.717) is 0 Å². The van der Waals surface area contributed by atoms with Gasteiger partial charge in [0.25, 0.3) is 0 Å². The van der Waals surface area contributed by atoms with Gasteiger partial charge in [-0.2, -0.15) is 0 Å². The zero-order chi connectivity index (χ0) is 13.1. The first kappa shape index (κ1) is 15.2. The summed E-state index contributed by atoms with van der Waals surface area (Å²) in [6, 6.07) is 0. The molecule has 0 aliphatic heterocycles. The Kier molecular flexibility index (Phi) is 8.48. The van der Waals surface area contributed by atoms with Crippen molar-refractivity contribution in [3.63, 3.8) is 0 Å². The predicted octanol–water partition coefficient (Wildman–Crippen LogP) is 4.73. The molecule has 1 nitrogen and oxygen atoms in total. The number of methoxy groups -OCH3 is 1. The van der Waals surface area contributed by atoms with Gasteiger partial charge in [0, 0.05) is 12.8 Å². The third kappa shape index (κ3) is 6.41. The van der Waals surface area contributed by atoms with Crippen LogP contribution in [0.1, 0.15) is 19.8 Å². The normalized spacial score (nSPS) is 12.6. The minimum absolute atomic E-state index is 0.745. The van der Waals surface area contributed by atoms with Crippen molar-refractivity contribution >= 4 is 0 Å². The molecule has 1 heteroatoms. The van der Waals surface area contributed by atoms with E-state index in [1.54, 1.807) is 13.2 Å². The van der Waals surface area contributed by atoms with Gasteiger partial charge in [0.15, 0.2) is 0 Å². The zero-order valence-corrected chi connectivity index (χ0v) is 10.9. The van der Waals surface area contributed by atoms with Gasteiger partial charge in [-0.05, 0) is 12.5 Å². The molecule has 0 atom stereocenters. The van der Waals surface area contributed by atoms with E-state index >= 15 is 0 Å². The third-order valence-electron chi connectivity index (χ3n) is 2.28. The Labute approximate surface area is 105 Å². The van der Waals surface area contributed by atoms with Gasteiger partial charge in [-0.25, -0.2) is 0 Å². The average molecular weight is 230 g/mol. The van der Waals surface area contributed by atoms with E-state index in [1.807, 2.05) is 31.2 Å². The number of ether oxygens (including phenoxy) is 1. The summed E-state index contributed by atoms with van der Waals surface area (Å²) < 4.78 is 5.38. The fourth-order valence-corrected chi connectivity index (χ4v) is 1.36. The van der Waals surface area contributed by atoms with Gasteiger partial charge >= 0.3 is 0 Å². The van der Waals surface area contributed by atoms with E-state index in [1.165, 1.54) is 0 Å². The minimum Gasteiger partial charge on any atom is -0.500 e. The summed E-state index contributed by atoms with van der Waals surface area (Å²) in [4.78, 5) is 0. The van der Waals surface area contributed by atoms with Crippen molar-refractivity contribution in [2.45, 2.75) is 19.8 Å². The number of rotatable bonds is 8. The SMILES string of the molecule is C=C/C=C\C(=C)C/C(C=C)=C(/C/C=C\C)OC. The van der Waals surface area contributed by atoms with Crippen molar-refractivity contribution in [2.75, 3.05) is 7.11 Å². The lowest BCUT2D eigenvalue weighted by Crippen LogP contribution is -1.93. The highest BCUT2D eigenvalue weighted by Crippen LogP contribution is 2.19. The quantitative estimate of drug-likeness (QED) is 0.333. The summed E-state index contributed by atoms with van der Waals surface area (Å²) in [6.45, 7) is 13.4. The molecule has 0 aromatic heterocycles. The van der Waals surface area contributed by atoms with Crippen LogP contribution in [0.2, 0.25) is 0 Å². The van der Waals surface area contributed by atoms with Crippen LogP contribution in [0.4, 0.5) is 0 Å². The molecule has 0 aliphatic rings. The van der Waals surface area contributed by atoms with Crippen molar-refractivity contribution in [1.82, 2.24) is 0 Å². The van der Waals surface area contributed by atoms with E-state index in [9.17, 15) is 0 Å². The Morgan fingerprint density at radius 1 is 1.29 bits per heavy atom. The minimum atomic E-state index is 0.745. The molecule has 0 unspecified atom stereocenters. The predicted molar refractivity (Wildman–Crippen MR) is 76.8 cm³/mol. The molecule has 0 fully saturated rings. The Balaban J connectivity index is 4.82. The molecule has 0 aromatic rings. The topological polar surface area (TPSA) is 9.23 Å². The molecule has 0 bridgehead atoms. The van der Waals surface area contributed by atoms with Gasteiger partial charge in [0.2, 0.25) is 0 Å². The molecule has 0 saturated heterocycles. The van der Waals surface area contributed by atoms with Gasteiger partial charge in [-0.1, -0.05) is 61.8 Å². The molecular weight excluding hydrogens is 208 g/mol. The van der Waals surface area contributed by atoms with Crippen molar-refractivity contribution in [3.05, 3.63) is 73.1 Å². The Bertz CT molecular complexity index is 354. The Morgan fingerprint density at radius 3 is 2.47 bits per heavy atom. The van der Waals surface area contributed by atoms with E-state index in [4.69, 9.17) is 4.74 Å². The highest BCUT2D eigenvalue weighted by Gasteiger charge is 2.03. The summed E-state index contributed by atoms with van der Waals surface area (Å²) in [5, 5.41) is 0. The second-order valence-electron chi connectivity index (χ2n) is 3.56. The van der Waals surface area contributed by atoms with Gasteiger partial charge in [-0.3, -0.25) is 0 Å². The molecule has 0 N–H and O–H groups in total. The van der Waals surface area contributed by atoms with Crippen molar-refractivity contribution in [1.29, 1.82) is 0 Å². The maximum absolute atomic E-state index is 5.38. The maximum Gasteiger partial charge on any atom is 0.103 e. The third-order valence-corrected chi connectivity index (χ3v) is 2.28. The van der Waals surface area contributed by atoms with Crippen LogP contribution < -0.4 is 0 Å². The highest BCUT2D eigenvalue weighted by atomic mass is 16.5. The molecule has 0 heterocycles. The van der Waals surface area contributed by atoms with Gasteiger partial charge < -0.3 is 4.74 Å². The van der Waals surface area contributed by atoms with Crippen LogP contribution >= 0.6 is 0 Å². The number of hydrogen-bond donors (Lipinski definition) is 0. The lowest BCUT2D eigenvalue weighted by molar-refractivity contribution is 0.280. The fraction of sp³-hybridized carbons (Fsp3) is 0.250. The molecule has 0 radical (unpaired) electrons. The number of allylic oxidation sites excluding steroid dienone is 8. The number of hydrogen-bond acceptors (Lipinski definition) is 1. The smallest absolute Gasteiger partial charge is 0.103 e. The molecule has 17 heavy (non-hydrogen) atoms. The largest absolute Gasteiger partial charge is 0.500 e. The lowest BCUT2D eigenvalue weighted by Gasteiger charge is -2.10. The first-order valence-corrected chi connectivity index (χ1v) is 5.66. The molecule has 0 saturated carbocycles. The molecule has 92 valence electrons. The van der Waals surface area contributed by atoms with Crippen LogP contribution in [0.25, 0.3) is 0 Å². The first-order valence-electron chi connectivity index (χ1n) is 5.66. The summed E-state index contributed by atoms with van der Waals surface area (Å²) >= 11 is 0. The van der Waals surface area contributed by atoms with Gasteiger partial charge in [0.1, 0.15) is 5.76 Å². The Hall–Kier alpha value is -1.76. The molecular formula is C16H22O. The Morgan fingerprint density at radius 2 is 2.00 bits per heavy atom. The van der Waals surface area contributed by atoms with Crippen LogP contribution in [0.5, 0.6) is 0 Å². The van der Waals surface area contributed by atoms with E-state index in [2.05, 4.69) is 25.8 Å². The van der Waals surface area contributed by atoms with E-state index in [-0.39, 0.29) is 0 Å². The van der Waals surface area contributed by atoms with Crippen LogP contribution in [0, 0.1) is 0 Å². The van der Waals surface area contributed by atoms with Crippen LogP contribution in [-0.2, 0) is 4.74 Å². The molecule has 0 aromatic carbocycles. The molecule has 0 aliphatic carbocycles. The molecule has 0 amide bonds. The summed E-state index contributed by atoms with van der Waals surface area (Å²) in [7, 11) is 1.69. The fourth-order valence-electron chi connectivity index (χ4n) is 1.36. The second-order valence-corrected chi connectivity index (χ2v) is 3.56. The van der Waals surface area contributed by atoms with Crippen molar-refractivity contribution in [2.24, 2.45) is 0 Å². The van der Waals surface area contributed by atoms with Crippen molar-refractivity contribution < 1.29 is 4.74 Å². The summed E-state index contributed by atoms with van der Waals surface area (Å²) in [5.74, 6) is 0.936.